The molecule has 0 fully saturated rings. The van der Waals surface area contributed by atoms with Gasteiger partial charge in [-0.05, 0) is 60.6 Å². The zero-order valence-electron chi connectivity index (χ0n) is 23.1. The molecule has 3 rings (SSSR count). The molecule has 40 heavy (non-hydrogen) atoms. The summed E-state index contributed by atoms with van der Waals surface area (Å²) >= 11 is 0. The van der Waals surface area contributed by atoms with E-state index in [2.05, 4.69) is 64.3 Å². The molecule has 0 aliphatic rings. The number of alkyl halides is 3. The topological polar surface area (TPSA) is 43.8 Å². The maximum atomic E-state index is 13.0. The minimum absolute atomic E-state index is 0.245. The van der Waals surface area contributed by atoms with Gasteiger partial charge in [0.2, 0.25) is 0 Å². The van der Waals surface area contributed by atoms with Gasteiger partial charge in [0.15, 0.2) is 5.82 Å². The molecule has 0 saturated carbocycles. The third kappa shape index (κ3) is 9.15. The Labute approximate surface area is 235 Å². The monoisotopic (exact) mass is 547 g/mol. The SMILES string of the molecule is C=CN/C(N=C)=C(\C(=C)N(C)Cc1ccncc1)N(CCc1cccc(CC(F)(F)F)c1)Cc1ccc(C)cc1. The van der Waals surface area contributed by atoms with Crippen LogP contribution in [0.3, 0.4) is 0 Å². The first kappa shape index (κ1) is 30.2. The van der Waals surface area contributed by atoms with Gasteiger partial charge in [0.1, 0.15) is 5.70 Å². The van der Waals surface area contributed by atoms with Crippen LogP contribution in [0.1, 0.15) is 27.8 Å². The lowest BCUT2D eigenvalue weighted by Gasteiger charge is -2.34. The van der Waals surface area contributed by atoms with Crippen molar-refractivity contribution in [3.8, 4) is 0 Å². The van der Waals surface area contributed by atoms with E-state index in [9.17, 15) is 13.2 Å². The summed E-state index contributed by atoms with van der Waals surface area (Å²) in [4.78, 5) is 12.5. The van der Waals surface area contributed by atoms with Gasteiger partial charge in [-0.1, -0.05) is 67.3 Å². The Morgan fingerprint density at radius 1 is 0.975 bits per heavy atom. The number of hydrogen-bond donors (Lipinski definition) is 1. The van der Waals surface area contributed by atoms with Gasteiger partial charge in [0.05, 0.1) is 12.1 Å². The highest BCUT2D eigenvalue weighted by molar-refractivity contribution is 5.38. The fourth-order valence-corrected chi connectivity index (χ4v) is 4.37. The van der Waals surface area contributed by atoms with Crippen LogP contribution in [0.15, 0.2) is 115 Å². The number of rotatable bonds is 14. The standard InChI is InChI=1S/C32H36F3N5/c1-6-38-31(36-4)30(25(3)39(5)22-28-14-17-37-18-15-28)40(23-27-12-10-24(2)11-13-27)19-16-26-8-7-9-29(20-26)21-32(33,34)35/h6-15,17-18,20,38H,1,3-4,16,19,21-23H2,2,5H3/b31-30+. The number of likely N-dealkylation sites (N-methyl/N-ethyl adjacent to an activating group) is 1. The second-order valence-corrected chi connectivity index (χ2v) is 9.63. The van der Waals surface area contributed by atoms with Gasteiger partial charge < -0.3 is 15.1 Å². The molecule has 210 valence electrons. The quantitative estimate of drug-likeness (QED) is 0.178. The van der Waals surface area contributed by atoms with Crippen molar-refractivity contribution in [2.24, 2.45) is 4.99 Å². The van der Waals surface area contributed by atoms with E-state index in [0.29, 0.717) is 37.6 Å². The summed E-state index contributed by atoms with van der Waals surface area (Å²) in [6, 6.07) is 18.8. The molecule has 0 aliphatic heterocycles. The van der Waals surface area contributed by atoms with Crippen molar-refractivity contribution >= 4 is 6.72 Å². The highest BCUT2D eigenvalue weighted by Gasteiger charge is 2.27. The summed E-state index contributed by atoms with van der Waals surface area (Å²) < 4.78 is 39.1. The second kappa shape index (κ2) is 14.2. The molecule has 5 nitrogen and oxygen atoms in total. The number of nitrogens with zero attached hydrogens (tertiary/aromatic N) is 4. The van der Waals surface area contributed by atoms with E-state index >= 15 is 0 Å². The average Bonchev–Trinajstić information content (AvgIpc) is 2.92. The molecule has 1 heterocycles. The lowest BCUT2D eigenvalue weighted by atomic mass is 10.0. The Hall–Kier alpha value is -4.33. The summed E-state index contributed by atoms with van der Waals surface area (Å²) in [7, 11) is 1.95. The van der Waals surface area contributed by atoms with Gasteiger partial charge in [-0.2, -0.15) is 13.2 Å². The number of benzene rings is 2. The van der Waals surface area contributed by atoms with Crippen LogP contribution in [-0.2, 0) is 25.9 Å². The number of pyridine rings is 1. The largest absolute Gasteiger partial charge is 0.393 e. The molecule has 2 aromatic carbocycles. The number of hydrogen-bond acceptors (Lipinski definition) is 5. The zero-order valence-corrected chi connectivity index (χ0v) is 23.1. The highest BCUT2D eigenvalue weighted by atomic mass is 19.4. The fraction of sp³-hybridized carbons (Fsp3) is 0.250. The minimum Gasteiger partial charge on any atom is -0.369 e. The van der Waals surface area contributed by atoms with Crippen molar-refractivity contribution in [1.82, 2.24) is 20.1 Å². The predicted molar refractivity (Wildman–Crippen MR) is 156 cm³/mol. The van der Waals surface area contributed by atoms with Crippen LogP contribution in [0.25, 0.3) is 0 Å². The van der Waals surface area contributed by atoms with Crippen molar-refractivity contribution in [2.75, 3.05) is 13.6 Å². The Balaban J connectivity index is 1.98. The summed E-state index contributed by atoms with van der Waals surface area (Å²) in [5.41, 5.74) is 5.76. The molecule has 1 N–H and O–H groups in total. The Morgan fingerprint density at radius 2 is 1.62 bits per heavy atom. The molecule has 0 spiro atoms. The first-order chi connectivity index (χ1) is 19.1. The van der Waals surface area contributed by atoms with E-state index in [4.69, 9.17) is 0 Å². The molecule has 0 aliphatic carbocycles. The van der Waals surface area contributed by atoms with Gasteiger partial charge in [0.25, 0.3) is 0 Å². The van der Waals surface area contributed by atoms with E-state index < -0.39 is 12.6 Å². The summed E-state index contributed by atoms with van der Waals surface area (Å²) in [5, 5.41) is 3.09. The van der Waals surface area contributed by atoms with Gasteiger partial charge in [-0.25, -0.2) is 4.99 Å². The van der Waals surface area contributed by atoms with E-state index in [1.54, 1.807) is 24.5 Å². The van der Waals surface area contributed by atoms with E-state index in [1.165, 1.54) is 12.3 Å². The molecule has 0 atom stereocenters. The average molecular weight is 548 g/mol. The fourth-order valence-electron chi connectivity index (χ4n) is 4.37. The highest BCUT2D eigenvalue weighted by Crippen LogP contribution is 2.26. The van der Waals surface area contributed by atoms with Crippen LogP contribution < -0.4 is 5.32 Å². The number of aryl methyl sites for hydroxylation is 1. The van der Waals surface area contributed by atoms with Crippen LogP contribution in [0, 0.1) is 6.92 Å². The van der Waals surface area contributed by atoms with Crippen LogP contribution in [0.2, 0.25) is 0 Å². The Kier molecular flexibility index (Phi) is 10.7. The summed E-state index contributed by atoms with van der Waals surface area (Å²) in [6.07, 6.45) is 0.323. The van der Waals surface area contributed by atoms with Gasteiger partial charge in [-0.3, -0.25) is 4.98 Å². The molecule has 0 unspecified atom stereocenters. The first-order valence-corrected chi connectivity index (χ1v) is 12.9. The van der Waals surface area contributed by atoms with Crippen LogP contribution in [0.5, 0.6) is 0 Å². The number of halogens is 3. The zero-order chi connectivity index (χ0) is 29.1. The first-order valence-electron chi connectivity index (χ1n) is 12.9. The summed E-state index contributed by atoms with van der Waals surface area (Å²) in [5.74, 6) is 0.486. The molecular weight excluding hydrogens is 511 g/mol. The number of nitrogens with one attached hydrogen (secondary N) is 1. The summed E-state index contributed by atoms with van der Waals surface area (Å²) in [6.45, 7) is 15.6. The van der Waals surface area contributed by atoms with Gasteiger partial charge in [0, 0.05) is 39.1 Å². The van der Waals surface area contributed by atoms with Crippen molar-refractivity contribution in [2.45, 2.75) is 39.0 Å². The van der Waals surface area contributed by atoms with Gasteiger partial charge in [-0.15, -0.1) is 0 Å². The molecule has 1 aromatic heterocycles. The molecule has 0 saturated heterocycles. The lowest BCUT2D eigenvalue weighted by molar-refractivity contribution is -0.127. The molecular formula is C32H36F3N5. The van der Waals surface area contributed by atoms with E-state index in [1.807, 2.05) is 37.1 Å². The van der Waals surface area contributed by atoms with Crippen molar-refractivity contribution in [3.63, 3.8) is 0 Å². The van der Waals surface area contributed by atoms with Crippen LogP contribution in [0.4, 0.5) is 13.2 Å². The van der Waals surface area contributed by atoms with E-state index in [0.717, 1.165) is 28.0 Å². The Bertz CT molecular complexity index is 1310. The maximum Gasteiger partial charge on any atom is 0.393 e. The lowest BCUT2D eigenvalue weighted by Crippen LogP contribution is -2.33. The van der Waals surface area contributed by atoms with Crippen molar-refractivity contribution in [1.29, 1.82) is 0 Å². The van der Waals surface area contributed by atoms with Crippen molar-refractivity contribution < 1.29 is 13.2 Å². The molecule has 0 amide bonds. The molecule has 3 aromatic rings. The van der Waals surface area contributed by atoms with Gasteiger partial charge >= 0.3 is 6.18 Å². The number of aromatic nitrogens is 1. The third-order valence-electron chi connectivity index (χ3n) is 6.40. The Morgan fingerprint density at radius 3 is 2.25 bits per heavy atom. The smallest absolute Gasteiger partial charge is 0.369 e. The predicted octanol–water partition coefficient (Wildman–Crippen LogP) is 6.79. The molecule has 8 heteroatoms. The maximum absolute atomic E-state index is 13.0. The normalized spacial score (nSPS) is 11.8. The second-order valence-electron chi connectivity index (χ2n) is 9.63. The van der Waals surface area contributed by atoms with Crippen molar-refractivity contribution in [3.05, 3.63) is 137 Å². The van der Waals surface area contributed by atoms with Crippen LogP contribution >= 0.6 is 0 Å². The van der Waals surface area contributed by atoms with Crippen LogP contribution in [-0.4, -0.2) is 41.3 Å². The molecule has 0 radical (unpaired) electrons. The minimum atomic E-state index is -4.26. The molecule has 0 bridgehead atoms. The van der Waals surface area contributed by atoms with E-state index in [-0.39, 0.29) is 5.56 Å². The third-order valence-corrected chi connectivity index (χ3v) is 6.40. The number of aliphatic imine (C=N–C) groups is 1.